The molecule has 118 valence electrons. The van der Waals surface area contributed by atoms with Crippen LogP contribution in [0.15, 0.2) is 22.7 Å². The molecule has 1 saturated carbocycles. The van der Waals surface area contributed by atoms with Crippen LogP contribution < -0.4 is 5.73 Å². The van der Waals surface area contributed by atoms with Crippen LogP contribution in [0, 0.1) is 17.0 Å². The van der Waals surface area contributed by atoms with Crippen molar-refractivity contribution in [2.45, 2.75) is 38.1 Å². The molecule has 3 rings (SSSR count). The first-order chi connectivity index (χ1) is 9.99. The molecule has 0 radical (unpaired) electrons. The van der Waals surface area contributed by atoms with Crippen LogP contribution in [-0.4, -0.2) is 15.1 Å². The zero-order valence-electron chi connectivity index (χ0n) is 12.1. The second-order valence-corrected chi connectivity index (χ2v) is 5.54. The van der Waals surface area contributed by atoms with Gasteiger partial charge >= 0.3 is 0 Å². The number of nitro groups is 1. The van der Waals surface area contributed by atoms with E-state index in [0.29, 0.717) is 11.4 Å². The van der Waals surface area contributed by atoms with Crippen LogP contribution in [0.4, 0.5) is 5.69 Å². The van der Waals surface area contributed by atoms with Gasteiger partial charge in [0.15, 0.2) is 5.82 Å². The molecule has 0 saturated heterocycles. The predicted octanol–water partition coefficient (Wildman–Crippen LogP) is 3.10. The minimum atomic E-state index is -0.531. The van der Waals surface area contributed by atoms with E-state index in [4.69, 9.17) is 10.3 Å². The highest BCUT2D eigenvalue weighted by molar-refractivity contribution is 5.85. The summed E-state index contributed by atoms with van der Waals surface area (Å²) in [5, 5.41) is 14.9. The second kappa shape index (κ2) is 6.02. The van der Waals surface area contributed by atoms with E-state index >= 15 is 0 Å². The van der Waals surface area contributed by atoms with Gasteiger partial charge in [-0.3, -0.25) is 10.1 Å². The summed E-state index contributed by atoms with van der Waals surface area (Å²) in [7, 11) is 0. The fourth-order valence-electron chi connectivity index (χ4n) is 2.72. The number of aromatic nitrogens is 2. The maximum Gasteiger partial charge on any atom is 0.270 e. The van der Waals surface area contributed by atoms with E-state index in [1.165, 1.54) is 12.1 Å². The molecule has 1 aromatic carbocycles. The van der Waals surface area contributed by atoms with Gasteiger partial charge in [0.05, 0.1) is 10.5 Å². The highest BCUT2D eigenvalue weighted by Gasteiger charge is 2.36. The molecule has 0 bridgehead atoms. The minimum absolute atomic E-state index is 0. The van der Waals surface area contributed by atoms with Gasteiger partial charge in [-0.05, 0) is 25.3 Å². The van der Waals surface area contributed by atoms with Crippen LogP contribution in [0.3, 0.4) is 0 Å². The van der Waals surface area contributed by atoms with Crippen molar-refractivity contribution in [1.82, 2.24) is 10.1 Å². The Balaban J connectivity index is 0.00000176. The van der Waals surface area contributed by atoms with Crippen LogP contribution in [0.2, 0.25) is 0 Å². The van der Waals surface area contributed by atoms with Crippen molar-refractivity contribution in [3.8, 4) is 11.5 Å². The maximum atomic E-state index is 10.9. The summed E-state index contributed by atoms with van der Waals surface area (Å²) in [6.45, 7) is 1.84. The van der Waals surface area contributed by atoms with E-state index in [2.05, 4.69) is 10.1 Å². The molecule has 1 fully saturated rings. The number of rotatable bonds is 3. The van der Waals surface area contributed by atoms with Gasteiger partial charge in [0.1, 0.15) is 0 Å². The number of non-ortho nitro benzene ring substituents is 1. The molecular formula is C14H17ClN4O3. The van der Waals surface area contributed by atoms with Gasteiger partial charge in [0.2, 0.25) is 0 Å². The summed E-state index contributed by atoms with van der Waals surface area (Å²) in [5.41, 5.74) is 7.18. The molecule has 1 aliphatic rings. The molecule has 22 heavy (non-hydrogen) atoms. The number of hydrogen-bond acceptors (Lipinski definition) is 6. The molecule has 0 atom stereocenters. The van der Waals surface area contributed by atoms with Gasteiger partial charge in [-0.1, -0.05) is 24.1 Å². The van der Waals surface area contributed by atoms with Crippen molar-refractivity contribution in [1.29, 1.82) is 0 Å². The lowest BCUT2D eigenvalue weighted by atomic mass is 9.98. The summed E-state index contributed by atoms with van der Waals surface area (Å²) in [6.07, 6.45) is 3.77. The van der Waals surface area contributed by atoms with Crippen molar-refractivity contribution < 1.29 is 9.45 Å². The second-order valence-electron chi connectivity index (χ2n) is 5.54. The molecule has 2 N–H and O–H groups in total. The largest absolute Gasteiger partial charge is 0.334 e. The zero-order chi connectivity index (χ0) is 15.0. The Bertz CT molecular complexity index is 695. The SMILES string of the molecule is Cc1ccc([N+](=O)[O-])cc1-c1nc(C2(N)CCCC2)no1.Cl. The van der Waals surface area contributed by atoms with E-state index in [9.17, 15) is 10.1 Å². The van der Waals surface area contributed by atoms with E-state index in [0.717, 1.165) is 31.2 Å². The van der Waals surface area contributed by atoms with E-state index in [1.807, 2.05) is 6.92 Å². The molecule has 8 heteroatoms. The lowest BCUT2D eigenvalue weighted by Gasteiger charge is -2.17. The fraction of sp³-hybridized carbons (Fsp3) is 0.429. The summed E-state index contributed by atoms with van der Waals surface area (Å²) in [4.78, 5) is 14.8. The molecular weight excluding hydrogens is 308 g/mol. The Morgan fingerprint density at radius 1 is 1.36 bits per heavy atom. The first kappa shape index (κ1) is 16.4. The standard InChI is InChI=1S/C14H16N4O3.ClH/c1-9-4-5-10(18(19)20)8-11(9)12-16-13(17-21-12)14(15)6-2-3-7-14;/h4-5,8H,2-3,6-7,15H2,1H3;1H. The van der Waals surface area contributed by atoms with Crippen molar-refractivity contribution in [2.75, 3.05) is 0 Å². The lowest BCUT2D eigenvalue weighted by Crippen LogP contribution is -2.34. The number of nitrogens with zero attached hydrogens (tertiary/aromatic N) is 3. The van der Waals surface area contributed by atoms with E-state index in [-0.39, 0.29) is 24.0 Å². The van der Waals surface area contributed by atoms with E-state index in [1.54, 1.807) is 6.07 Å². The summed E-state index contributed by atoms with van der Waals surface area (Å²) in [5.74, 6) is 0.767. The molecule has 1 heterocycles. The predicted molar refractivity (Wildman–Crippen MR) is 82.7 cm³/mol. The number of nitrogens with two attached hydrogens (primary N) is 1. The van der Waals surface area contributed by atoms with Crippen molar-refractivity contribution in [2.24, 2.45) is 5.73 Å². The Labute approximate surface area is 133 Å². The Morgan fingerprint density at radius 2 is 2.05 bits per heavy atom. The molecule has 1 aromatic heterocycles. The van der Waals surface area contributed by atoms with Gasteiger partial charge in [-0.15, -0.1) is 12.4 Å². The van der Waals surface area contributed by atoms with Crippen molar-refractivity contribution in [3.05, 3.63) is 39.7 Å². The van der Waals surface area contributed by atoms with Gasteiger partial charge < -0.3 is 10.3 Å². The highest BCUT2D eigenvalue weighted by Crippen LogP contribution is 2.36. The van der Waals surface area contributed by atoms with Crippen LogP contribution in [0.5, 0.6) is 0 Å². The summed E-state index contributed by atoms with van der Waals surface area (Å²) in [6, 6.07) is 4.58. The third-order valence-electron chi connectivity index (χ3n) is 4.03. The maximum absolute atomic E-state index is 10.9. The molecule has 2 aromatic rings. The number of halogens is 1. The van der Waals surface area contributed by atoms with Crippen LogP contribution in [0.25, 0.3) is 11.5 Å². The molecule has 0 spiro atoms. The minimum Gasteiger partial charge on any atom is -0.334 e. The van der Waals surface area contributed by atoms with E-state index < -0.39 is 10.5 Å². The summed E-state index contributed by atoms with van der Waals surface area (Å²) < 4.78 is 5.28. The van der Waals surface area contributed by atoms with Crippen LogP contribution in [0.1, 0.15) is 37.1 Å². The molecule has 0 amide bonds. The van der Waals surface area contributed by atoms with Gasteiger partial charge in [0, 0.05) is 17.7 Å². The average molecular weight is 325 g/mol. The van der Waals surface area contributed by atoms with Crippen LogP contribution in [-0.2, 0) is 5.54 Å². The third-order valence-corrected chi connectivity index (χ3v) is 4.03. The first-order valence-corrected chi connectivity index (χ1v) is 6.88. The Hall–Kier alpha value is -1.99. The average Bonchev–Trinajstić information content (AvgIpc) is 3.08. The first-order valence-electron chi connectivity index (χ1n) is 6.88. The van der Waals surface area contributed by atoms with Gasteiger partial charge in [-0.2, -0.15) is 4.98 Å². The third kappa shape index (κ3) is 2.82. The van der Waals surface area contributed by atoms with Crippen molar-refractivity contribution in [3.63, 3.8) is 0 Å². The monoisotopic (exact) mass is 324 g/mol. The van der Waals surface area contributed by atoms with Gasteiger partial charge in [0.25, 0.3) is 11.6 Å². The summed E-state index contributed by atoms with van der Waals surface area (Å²) >= 11 is 0. The Kier molecular flexibility index (Phi) is 4.48. The number of aryl methyl sites for hydroxylation is 1. The quantitative estimate of drug-likeness (QED) is 0.686. The number of nitro benzene ring substituents is 1. The van der Waals surface area contributed by atoms with Crippen molar-refractivity contribution >= 4 is 18.1 Å². The molecule has 0 aliphatic heterocycles. The highest BCUT2D eigenvalue weighted by atomic mass is 35.5. The van der Waals surface area contributed by atoms with Crippen LogP contribution >= 0.6 is 12.4 Å². The Morgan fingerprint density at radius 3 is 2.68 bits per heavy atom. The lowest BCUT2D eigenvalue weighted by molar-refractivity contribution is -0.384. The smallest absolute Gasteiger partial charge is 0.270 e. The molecule has 7 nitrogen and oxygen atoms in total. The van der Waals surface area contributed by atoms with Gasteiger partial charge in [-0.25, -0.2) is 0 Å². The number of hydrogen-bond donors (Lipinski definition) is 1. The molecule has 1 aliphatic carbocycles. The topological polar surface area (TPSA) is 108 Å². The zero-order valence-corrected chi connectivity index (χ0v) is 12.9. The number of benzene rings is 1. The molecule has 0 unspecified atom stereocenters. The fourth-order valence-corrected chi connectivity index (χ4v) is 2.72. The normalized spacial score (nSPS) is 16.3.